The van der Waals surface area contributed by atoms with E-state index in [2.05, 4.69) is 72.6 Å². The molecule has 1 atom stereocenters. The molecule has 0 radical (unpaired) electrons. The zero-order valence-corrected chi connectivity index (χ0v) is 19.5. The summed E-state index contributed by atoms with van der Waals surface area (Å²) in [4.78, 5) is 20.6. The summed E-state index contributed by atoms with van der Waals surface area (Å²) in [6.07, 6.45) is 0.996. The maximum absolute atomic E-state index is 9.10. The number of carboxylic acids is 2. The Morgan fingerprint density at radius 1 is 0.794 bits per heavy atom. The Labute approximate surface area is 200 Å². The summed E-state index contributed by atoms with van der Waals surface area (Å²) in [5.41, 5.74) is 2.68. The second-order valence-corrected chi connectivity index (χ2v) is 7.83. The number of methoxy groups -OCH3 is 1. The maximum Gasteiger partial charge on any atom is 0.414 e. The molecule has 0 saturated carbocycles. The van der Waals surface area contributed by atoms with Gasteiger partial charge < -0.3 is 24.6 Å². The Hall–Kier alpha value is -3.84. The molecule has 0 amide bonds. The number of nitrogens with zero attached hydrogens (tertiary/aromatic N) is 1. The van der Waals surface area contributed by atoms with Crippen LogP contribution in [0.5, 0.6) is 11.5 Å². The number of benzene rings is 3. The molecular formula is C27H31NO6. The van der Waals surface area contributed by atoms with Crippen LogP contribution in [0.1, 0.15) is 11.1 Å². The van der Waals surface area contributed by atoms with Gasteiger partial charge in [-0.15, -0.1) is 0 Å². The van der Waals surface area contributed by atoms with Gasteiger partial charge in [-0.3, -0.25) is 0 Å². The van der Waals surface area contributed by atoms with Crippen molar-refractivity contribution in [3.8, 4) is 11.5 Å². The Balaban J connectivity index is 0.000000604. The number of aliphatic carboxylic acids is 2. The summed E-state index contributed by atoms with van der Waals surface area (Å²) < 4.78 is 11.3. The second-order valence-electron chi connectivity index (χ2n) is 7.83. The van der Waals surface area contributed by atoms with E-state index in [0.717, 1.165) is 31.0 Å². The highest BCUT2D eigenvalue weighted by molar-refractivity contribution is 6.27. The van der Waals surface area contributed by atoms with Crippen LogP contribution in [0.2, 0.25) is 0 Å². The molecule has 2 N–H and O–H groups in total. The van der Waals surface area contributed by atoms with Gasteiger partial charge >= 0.3 is 11.9 Å². The van der Waals surface area contributed by atoms with E-state index in [9.17, 15) is 0 Å². The molecule has 0 aliphatic rings. The molecule has 7 nitrogen and oxygen atoms in total. The van der Waals surface area contributed by atoms with E-state index in [1.165, 1.54) is 11.1 Å². The first-order chi connectivity index (χ1) is 16.4. The van der Waals surface area contributed by atoms with Crippen LogP contribution >= 0.6 is 0 Å². The molecule has 0 heterocycles. The van der Waals surface area contributed by atoms with Crippen molar-refractivity contribution in [3.63, 3.8) is 0 Å². The summed E-state index contributed by atoms with van der Waals surface area (Å²) in [7, 11) is 3.85. The van der Waals surface area contributed by atoms with Gasteiger partial charge in [0, 0.05) is 19.0 Å². The Bertz CT molecular complexity index is 981. The lowest BCUT2D eigenvalue weighted by Crippen LogP contribution is -2.30. The second kappa shape index (κ2) is 14.3. The van der Waals surface area contributed by atoms with Gasteiger partial charge in [0.2, 0.25) is 0 Å². The molecule has 180 valence electrons. The molecule has 3 aromatic rings. The number of carbonyl (C=O) groups is 2. The summed E-state index contributed by atoms with van der Waals surface area (Å²) >= 11 is 0. The molecule has 3 aromatic carbocycles. The highest BCUT2D eigenvalue weighted by Gasteiger charge is 2.14. The van der Waals surface area contributed by atoms with Crippen LogP contribution in [0.3, 0.4) is 0 Å². The van der Waals surface area contributed by atoms with Crippen molar-refractivity contribution in [2.75, 3.05) is 27.3 Å². The standard InChI is InChI=1S/C25H29NO2.C2H2O4/c1-26(18-22-11-7-4-8-12-22)19-23(17-21-9-5-3-6-10-21)20-28-25-15-13-24(27-2)14-16-25;3-1(4)2(5)6/h3-16,23H,17-20H2,1-2H3;(H,3,4)(H,5,6). The molecule has 1 unspecified atom stereocenters. The van der Waals surface area contributed by atoms with Gasteiger partial charge in [-0.05, 0) is 48.9 Å². The summed E-state index contributed by atoms with van der Waals surface area (Å²) in [6, 6.07) is 29.1. The first-order valence-corrected chi connectivity index (χ1v) is 10.9. The molecule has 0 aliphatic heterocycles. The van der Waals surface area contributed by atoms with E-state index in [4.69, 9.17) is 29.3 Å². The average Bonchev–Trinajstić information content (AvgIpc) is 2.84. The molecule has 3 rings (SSSR count). The number of rotatable bonds is 10. The molecule has 0 aliphatic carbocycles. The number of carboxylic acid groups (broad SMARTS) is 2. The van der Waals surface area contributed by atoms with E-state index < -0.39 is 11.9 Å². The molecule has 7 heteroatoms. The molecule has 34 heavy (non-hydrogen) atoms. The van der Waals surface area contributed by atoms with Crippen molar-refractivity contribution in [3.05, 3.63) is 96.1 Å². The smallest absolute Gasteiger partial charge is 0.414 e. The largest absolute Gasteiger partial charge is 0.497 e. The van der Waals surface area contributed by atoms with Crippen molar-refractivity contribution >= 4 is 11.9 Å². The molecule has 0 fully saturated rings. The minimum atomic E-state index is -1.82. The minimum Gasteiger partial charge on any atom is -0.497 e. The monoisotopic (exact) mass is 465 g/mol. The van der Waals surface area contributed by atoms with Gasteiger partial charge in [-0.1, -0.05) is 60.7 Å². The van der Waals surface area contributed by atoms with E-state index >= 15 is 0 Å². The Kier molecular flexibility index (Phi) is 11.1. The van der Waals surface area contributed by atoms with E-state index in [0.29, 0.717) is 12.5 Å². The highest BCUT2D eigenvalue weighted by atomic mass is 16.5. The Morgan fingerprint density at radius 2 is 1.29 bits per heavy atom. The van der Waals surface area contributed by atoms with Gasteiger partial charge in [0.15, 0.2) is 0 Å². The van der Waals surface area contributed by atoms with Crippen molar-refractivity contribution in [2.24, 2.45) is 5.92 Å². The van der Waals surface area contributed by atoms with Gasteiger partial charge in [0.25, 0.3) is 0 Å². The fourth-order valence-corrected chi connectivity index (χ4v) is 3.41. The highest BCUT2D eigenvalue weighted by Crippen LogP contribution is 2.19. The molecule has 0 spiro atoms. The van der Waals surface area contributed by atoms with Gasteiger partial charge in [0.05, 0.1) is 13.7 Å². The summed E-state index contributed by atoms with van der Waals surface area (Å²) in [6.45, 7) is 2.59. The Morgan fingerprint density at radius 3 is 1.79 bits per heavy atom. The SMILES string of the molecule is COc1ccc(OCC(Cc2ccccc2)CN(C)Cc2ccccc2)cc1.O=C(O)C(=O)O. The first-order valence-electron chi connectivity index (χ1n) is 10.9. The number of ether oxygens (including phenoxy) is 2. The van der Waals surface area contributed by atoms with Gasteiger partial charge in [-0.2, -0.15) is 0 Å². The zero-order chi connectivity index (χ0) is 24.8. The predicted octanol–water partition coefficient (Wildman–Crippen LogP) is 4.22. The fourth-order valence-electron chi connectivity index (χ4n) is 3.41. The average molecular weight is 466 g/mol. The third-order valence-electron chi connectivity index (χ3n) is 4.96. The van der Waals surface area contributed by atoms with Gasteiger partial charge in [-0.25, -0.2) is 9.59 Å². The molecule has 0 saturated heterocycles. The molecule has 0 bridgehead atoms. The normalized spacial score (nSPS) is 11.1. The summed E-state index contributed by atoms with van der Waals surface area (Å²) in [5.74, 6) is -1.52. The van der Waals surface area contributed by atoms with Crippen molar-refractivity contribution in [1.29, 1.82) is 0 Å². The number of hydrogen-bond acceptors (Lipinski definition) is 5. The van der Waals surface area contributed by atoms with Crippen molar-refractivity contribution in [1.82, 2.24) is 4.90 Å². The lowest BCUT2D eigenvalue weighted by molar-refractivity contribution is -0.159. The van der Waals surface area contributed by atoms with Crippen LogP contribution in [0.25, 0.3) is 0 Å². The topological polar surface area (TPSA) is 96.3 Å². The fraction of sp³-hybridized carbons (Fsp3) is 0.259. The van der Waals surface area contributed by atoms with Crippen LogP contribution in [0, 0.1) is 5.92 Å². The minimum absolute atomic E-state index is 0.401. The lowest BCUT2D eigenvalue weighted by Gasteiger charge is -2.24. The zero-order valence-electron chi connectivity index (χ0n) is 19.5. The lowest BCUT2D eigenvalue weighted by atomic mass is 9.99. The predicted molar refractivity (Wildman–Crippen MR) is 130 cm³/mol. The maximum atomic E-state index is 9.10. The van der Waals surface area contributed by atoms with Crippen LogP contribution < -0.4 is 9.47 Å². The van der Waals surface area contributed by atoms with E-state index in [1.807, 2.05) is 24.3 Å². The van der Waals surface area contributed by atoms with Crippen LogP contribution in [0.15, 0.2) is 84.9 Å². The number of hydrogen-bond donors (Lipinski definition) is 2. The molecule has 0 aromatic heterocycles. The van der Waals surface area contributed by atoms with Crippen LogP contribution in [-0.4, -0.2) is 54.4 Å². The van der Waals surface area contributed by atoms with Crippen molar-refractivity contribution < 1.29 is 29.3 Å². The van der Waals surface area contributed by atoms with E-state index in [1.54, 1.807) is 7.11 Å². The third-order valence-corrected chi connectivity index (χ3v) is 4.96. The van der Waals surface area contributed by atoms with Crippen LogP contribution in [0.4, 0.5) is 0 Å². The van der Waals surface area contributed by atoms with E-state index in [-0.39, 0.29) is 0 Å². The van der Waals surface area contributed by atoms with Gasteiger partial charge in [0.1, 0.15) is 11.5 Å². The first kappa shape index (κ1) is 26.4. The van der Waals surface area contributed by atoms with Crippen molar-refractivity contribution in [2.45, 2.75) is 13.0 Å². The van der Waals surface area contributed by atoms with Crippen LogP contribution in [-0.2, 0) is 22.6 Å². The molecular weight excluding hydrogens is 434 g/mol. The third kappa shape index (κ3) is 10.2. The summed E-state index contributed by atoms with van der Waals surface area (Å²) in [5, 5.41) is 14.8. The quantitative estimate of drug-likeness (QED) is 0.433.